The van der Waals surface area contributed by atoms with Crippen molar-refractivity contribution >= 4 is 5.91 Å². The van der Waals surface area contributed by atoms with Crippen LogP contribution >= 0.6 is 0 Å². The highest BCUT2D eigenvalue weighted by Crippen LogP contribution is 2.35. The second-order valence-electron chi connectivity index (χ2n) is 8.33. The molecular weight excluding hydrogens is 435 g/mol. The minimum absolute atomic E-state index is 0.220. The standard InChI is InChI=1S/C27H29FN2O4/c1-2-33-25-15-21(8-9-24(25)34-18-20-5-4-12-29-17-20)26(31)30-19-27(10-13-32-14-11-27)22-6-3-7-23(28)16-22/h3-9,12,15-17H,2,10-11,13-14,18-19H2,1H3,(H,30,31). The van der Waals surface area contributed by atoms with Gasteiger partial charge < -0.3 is 19.5 Å². The molecule has 34 heavy (non-hydrogen) atoms. The molecule has 0 spiro atoms. The molecule has 0 unspecified atom stereocenters. The van der Waals surface area contributed by atoms with Crippen LogP contribution in [0.2, 0.25) is 0 Å². The molecule has 2 aromatic carbocycles. The highest BCUT2D eigenvalue weighted by Gasteiger charge is 2.35. The van der Waals surface area contributed by atoms with Gasteiger partial charge in [0.1, 0.15) is 12.4 Å². The van der Waals surface area contributed by atoms with Crippen molar-refractivity contribution in [2.75, 3.05) is 26.4 Å². The number of nitrogens with one attached hydrogen (secondary N) is 1. The minimum atomic E-state index is -0.370. The maximum Gasteiger partial charge on any atom is 0.251 e. The Labute approximate surface area is 199 Å². The summed E-state index contributed by atoms with van der Waals surface area (Å²) in [5, 5.41) is 3.05. The van der Waals surface area contributed by atoms with E-state index in [0.29, 0.717) is 62.9 Å². The topological polar surface area (TPSA) is 69.7 Å². The van der Waals surface area contributed by atoms with Gasteiger partial charge in [0.2, 0.25) is 0 Å². The van der Waals surface area contributed by atoms with E-state index in [0.717, 1.165) is 11.1 Å². The molecule has 0 saturated carbocycles. The maximum absolute atomic E-state index is 13.9. The van der Waals surface area contributed by atoms with Crippen LogP contribution in [0.15, 0.2) is 67.0 Å². The molecule has 1 amide bonds. The normalized spacial score (nSPS) is 14.9. The van der Waals surface area contributed by atoms with Crippen LogP contribution in [-0.4, -0.2) is 37.3 Å². The molecule has 1 aliphatic heterocycles. The number of rotatable bonds is 9. The van der Waals surface area contributed by atoms with Gasteiger partial charge in [-0.15, -0.1) is 0 Å². The quantitative estimate of drug-likeness (QED) is 0.498. The van der Waals surface area contributed by atoms with E-state index in [-0.39, 0.29) is 17.1 Å². The number of aromatic nitrogens is 1. The van der Waals surface area contributed by atoms with Crippen molar-refractivity contribution in [3.8, 4) is 11.5 Å². The van der Waals surface area contributed by atoms with Gasteiger partial charge in [-0.2, -0.15) is 0 Å². The van der Waals surface area contributed by atoms with Crippen LogP contribution in [0.4, 0.5) is 4.39 Å². The van der Waals surface area contributed by atoms with E-state index in [4.69, 9.17) is 14.2 Å². The number of hydrogen-bond donors (Lipinski definition) is 1. The molecule has 0 aliphatic carbocycles. The molecule has 0 atom stereocenters. The highest BCUT2D eigenvalue weighted by atomic mass is 19.1. The van der Waals surface area contributed by atoms with Gasteiger partial charge in [0, 0.05) is 48.7 Å². The molecule has 2 heterocycles. The van der Waals surface area contributed by atoms with E-state index in [1.807, 2.05) is 25.1 Å². The van der Waals surface area contributed by atoms with Crippen LogP contribution in [-0.2, 0) is 16.8 Å². The molecule has 0 radical (unpaired) electrons. The molecule has 0 bridgehead atoms. The molecule has 1 saturated heterocycles. The van der Waals surface area contributed by atoms with Crippen molar-refractivity contribution in [3.63, 3.8) is 0 Å². The Morgan fingerprint density at radius 1 is 1.09 bits per heavy atom. The second kappa shape index (κ2) is 11.1. The summed E-state index contributed by atoms with van der Waals surface area (Å²) in [6, 6.07) is 15.6. The molecule has 4 rings (SSSR count). The zero-order valence-electron chi connectivity index (χ0n) is 19.3. The van der Waals surface area contributed by atoms with E-state index < -0.39 is 0 Å². The largest absolute Gasteiger partial charge is 0.490 e. The van der Waals surface area contributed by atoms with E-state index in [2.05, 4.69) is 10.3 Å². The molecule has 178 valence electrons. The number of pyridine rings is 1. The first-order chi connectivity index (χ1) is 16.6. The molecule has 3 aromatic rings. The Morgan fingerprint density at radius 2 is 1.94 bits per heavy atom. The van der Waals surface area contributed by atoms with Crippen LogP contribution < -0.4 is 14.8 Å². The highest BCUT2D eigenvalue weighted by molar-refractivity contribution is 5.95. The summed E-state index contributed by atoms with van der Waals surface area (Å²) < 4.78 is 31.1. The zero-order valence-corrected chi connectivity index (χ0v) is 19.3. The van der Waals surface area contributed by atoms with Gasteiger partial charge in [-0.25, -0.2) is 4.39 Å². The van der Waals surface area contributed by atoms with Gasteiger partial charge in [0.25, 0.3) is 5.91 Å². The van der Waals surface area contributed by atoms with Crippen LogP contribution in [0.25, 0.3) is 0 Å². The summed E-state index contributed by atoms with van der Waals surface area (Å²) in [6.45, 7) is 4.20. The van der Waals surface area contributed by atoms with E-state index >= 15 is 0 Å². The Hall–Kier alpha value is -3.45. The van der Waals surface area contributed by atoms with Crippen molar-refractivity contribution in [2.24, 2.45) is 0 Å². The van der Waals surface area contributed by atoms with Crippen molar-refractivity contribution in [3.05, 3.63) is 89.5 Å². The Kier molecular flexibility index (Phi) is 7.75. The van der Waals surface area contributed by atoms with Gasteiger partial charge in [0.05, 0.1) is 6.61 Å². The van der Waals surface area contributed by atoms with Crippen LogP contribution in [0.3, 0.4) is 0 Å². The summed E-state index contributed by atoms with van der Waals surface area (Å²) in [6.07, 6.45) is 4.87. The van der Waals surface area contributed by atoms with Crippen LogP contribution in [0.1, 0.15) is 41.3 Å². The van der Waals surface area contributed by atoms with E-state index in [1.165, 1.54) is 6.07 Å². The van der Waals surface area contributed by atoms with Crippen molar-refractivity contribution in [1.82, 2.24) is 10.3 Å². The number of halogens is 1. The third-order valence-electron chi connectivity index (χ3n) is 6.10. The third-order valence-corrected chi connectivity index (χ3v) is 6.10. The Morgan fingerprint density at radius 3 is 2.68 bits per heavy atom. The zero-order chi connectivity index (χ0) is 23.8. The van der Waals surface area contributed by atoms with Crippen LogP contribution in [0, 0.1) is 5.82 Å². The molecule has 1 fully saturated rings. The fourth-order valence-corrected chi connectivity index (χ4v) is 4.18. The van der Waals surface area contributed by atoms with Gasteiger partial charge in [0.15, 0.2) is 11.5 Å². The van der Waals surface area contributed by atoms with Gasteiger partial charge in [-0.1, -0.05) is 18.2 Å². The molecule has 7 heteroatoms. The predicted molar refractivity (Wildman–Crippen MR) is 127 cm³/mol. The number of hydrogen-bond acceptors (Lipinski definition) is 5. The second-order valence-corrected chi connectivity index (χ2v) is 8.33. The number of amides is 1. The lowest BCUT2D eigenvalue weighted by atomic mass is 9.74. The average Bonchev–Trinajstić information content (AvgIpc) is 2.88. The number of nitrogens with zero attached hydrogens (tertiary/aromatic N) is 1. The van der Waals surface area contributed by atoms with Gasteiger partial charge in [-0.05, 0) is 61.7 Å². The fourth-order valence-electron chi connectivity index (χ4n) is 4.18. The minimum Gasteiger partial charge on any atom is -0.490 e. The van der Waals surface area contributed by atoms with E-state index in [9.17, 15) is 9.18 Å². The van der Waals surface area contributed by atoms with Crippen molar-refractivity contribution < 1.29 is 23.4 Å². The first kappa shape index (κ1) is 23.7. The Balaban J connectivity index is 1.47. The third kappa shape index (κ3) is 5.72. The number of carbonyl (C=O) groups is 1. The molecule has 6 nitrogen and oxygen atoms in total. The lowest BCUT2D eigenvalue weighted by molar-refractivity contribution is 0.0486. The summed E-state index contributed by atoms with van der Waals surface area (Å²) in [5.74, 6) is 0.563. The average molecular weight is 465 g/mol. The number of benzene rings is 2. The first-order valence-corrected chi connectivity index (χ1v) is 11.5. The van der Waals surface area contributed by atoms with Crippen LogP contribution in [0.5, 0.6) is 11.5 Å². The molecular formula is C27H29FN2O4. The van der Waals surface area contributed by atoms with Gasteiger partial charge >= 0.3 is 0 Å². The van der Waals surface area contributed by atoms with Gasteiger partial charge in [-0.3, -0.25) is 9.78 Å². The number of ether oxygens (including phenoxy) is 3. The maximum atomic E-state index is 13.9. The fraction of sp³-hybridized carbons (Fsp3) is 0.333. The SMILES string of the molecule is CCOc1cc(C(=O)NCC2(c3cccc(F)c3)CCOCC2)ccc1OCc1cccnc1. The Bertz CT molecular complexity index is 1100. The smallest absolute Gasteiger partial charge is 0.251 e. The molecule has 1 aromatic heterocycles. The molecule has 1 N–H and O–H groups in total. The predicted octanol–water partition coefficient (Wildman–Crippen LogP) is 4.68. The summed E-state index contributed by atoms with van der Waals surface area (Å²) >= 11 is 0. The first-order valence-electron chi connectivity index (χ1n) is 11.5. The van der Waals surface area contributed by atoms with Crippen molar-refractivity contribution in [1.29, 1.82) is 0 Å². The summed E-state index contributed by atoms with van der Waals surface area (Å²) in [4.78, 5) is 17.1. The summed E-state index contributed by atoms with van der Waals surface area (Å²) in [7, 11) is 0. The lowest BCUT2D eigenvalue weighted by Crippen LogP contribution is -2.44. The van der Waals surface area contributed by atoms with Crippen molar-refractivity contribution in [2.45, 2.75) is 31.8 Å². The van der Waals surface area contributed by atoms with E-state index in [1.54, 1.807) is 42.7 Å². The summed E-state index contributed by atoms with van der Waals surface area (Å²) in [5.41, 5.74) is 1.92. The number of carbonyl (C=O) groups excluding carboxylic acids is 1. The monoisotopic (exact) mass is 464 g/mol. The molecule has 1 aliphatic rings. The lowest BCUT2D eigenvalue weighted by Gasteiger charge is -2.38.